The average molecular weight is 355 g/mol. The number of carbonyl (C=O) groups excluding carboxylic acids is 1. The van der Waals surface area contributed by atoms with Gasteiger partial charge < -0.3 is 20.8 Å². The monoisotopic (exact) mass is 355 g/mol. The van der Waals surface area contributed by atoms with Gasteiger partial charge in [-0.05, 0) is 23.8 Å². The maximum Gasteiger partial charge on any atom is 0.315 e. The number of phenols is 2. The summed E-state index contributed by atoms with van der Waals surface area (Å²) in [5.74, 6) is -0.360. The maximum atomic E-state index is 11.8. The molecule has 0 bridgehead atoms. The predicted octanol–water partition coefficient (Wildman–Crippen LogP) is 3.22. The third-order valence-electron chi connectivity index (χ3n) is 3.52. The highest BCUT2D eigenvalue weighted by Crippen LogP contribution is 2.30. The Morgan fingerprint density at radius 2 is 1.76 bits per heavy atom. The van der Waals surface area contributed by atoms with Crippen LogP contribution in [0.15, 0.2) is 53.9 Å². The number of thiazole rings is 1. The van der Waals surface area contributed by atoms with Gasteiger partial charge in [0.2, 0.25) is 0 Å². The second-order valence-electron chi connectivity index (χ2n) is 5.35. The molecule has 128 valence electrons. The molecule has 0 aliphatic carbocycles. The highest BCUT2D eigenvalue weighted by molar-refractivity contribution is 7.09. The van der Waals surface area contributed by atoms with E-state index in [2.05, 4.69) is 15.6 Å². The van der Waals surface area contributed by atoms with Crippen molar-refractivity contribution in [1.29, 1.82) is 0 Å². The minimum atomic E-state index is -0.261. The molecule has 0 aliphatic heterocycles. The number of hydrogen-bond donors (Lipinski definition) is 4. The normalized spacial score (nSPS) is 10.4. The zero-order chi connectivity index (χ0) is 17.6. The number of amides is 2. The van der Waals surface area contributed by atoms with Crippen molar-refractivity contribution in [3.05, 3.63) is 64.5 Å². The van der Waals surface area contributed by atoms with Gasteiger partial charge in [0.15, 0.2) is 11.5 Å². The van der Waals surface area contributed by atoms with Crippen molar-refractivity contribution in [2.75, 3.05) is 0 Å². The summed E-state index contributed by atoms with van der Waals surface area (Å²) in [7, 11) is 0. The van der Waals surface area contributed by atoms with Gasteiger partial charge in [-0.2, -0.15) is 0 Å². The summed E-state index contributed by atoms with van der Waals surface area (Å²) in [6, 6.07) is 13.9. The Morgan fingerprint density at radius 3 is 2.52 bits per heavy atom. The van der Waals surface area contributed by atoms with E-state index in [1.807, 2.05) is 35.7 Å². The van der Waals surface area contributed by atoms with E-state index < -0.39 is 0 Å². The van der Waals surface area contributed by atoms with Crippen LogP contribution in [0.3, 0.4) is 0 Å². The van der Waals surface area contributed by atoms with Crippen LogP contribution in [-0.2, 0) is 13.1 Å². The lowest BCUT2D eigenvalue weighted by atomic mass is 10.1. The van der Waals surface area contributed by atoms with Crippen LogP contribution in [0.5, 0.6) is 11.5 Å². The van der Waals surface area contributed by atoms with E-state index in [1.165, 1.54) is 23.5 Å². The first kappa shape index (κ1) is 16.8. The third-order valence-corrected chi connectivity index (χ3v) is 4.37. The topological polar surface area (TPSA) is 94.5 Å². The summed E-state index contributed by atoms with van der Waals surface area (Å²) in [6.07, 6.45) is 0. The predicted molar refractivity (Wildman–Crippen MR) is 96.4 cm³/mol. The fourth-order valence-corrected chi connectivity index (χ4v) is 2.95. The third kappa shape index (κ3) is 4.48. The lowest BCUT2D eigenvalue weighted by molar-refractivity contribution is 0.240. The van der Waals surface area contributed by atoms with E-state index in [9.17, 15) is 15.0 Å². The zero-order valence-electron chi connectivity index (χ0n) is 13.3. The minimum absolute atomic E-state index is 0.170. The van der Waals surface area contributed by atoms with Crippen molar-refractivity contribution in [1.82, 2.24) is 15.6 Å². The van der Waals surface area contributed by atoms with Crippen LogP contribution in [0.4, 0.5) is 4.79 Å². The molecule has 0 saturated carbocycles. The number of nitrogens with zero attached hydrogens (tertiary/aromatic N) is 1. The number of hydrogen-bond acceptors (Lipinski definition) is 5. The molecule has 0 atom stereocenters. The summed E-state index contributed by atoms with van der Waals surface area (Å²) in [4.78, 5) is 16.3. The average Bonchev–Trinajstić information content (AvgIpc) is 3.10. The van der Waals surface area contributed by atoms with Crippen molar-refractivity contribution in [2.45, 2.75) is 13.1 Å². The SMILES string of the molecule is O=C(NCc1ccccc1)NCc1nc(-c2ccc(O)c(O)c2)cs1. The summed E-state index contributed by atoms with van der Waals surface area (Å²) >= 11 is 1.41. The molecule has 1 aromatic heterocycles. The van der Waals surface area contributed by atoms with Gasteiger partial charge in [-0.1, -0.05) is 30.3 Å². The molecule has 3 rings (SSSR count). The molecule has 2 aromatic carbocycles. The molecular weight excluding hydrogens is 338 g/mol. The van der Waals surface area contributed by atoms with Gasteiger partial charge in [0.05, 0.1) is 12.2 Å². The summed E-state index contributed by atoms with van der Waals surface area (Å²) in [6.45, 7) is 0.776. The van der Waals surface area contributed by atoms with Crippen molar-refractivity contribution in [3.8, 4) is 22.8 Å². The second-order valence-corrected chi connectivity index (χ2v) is 6.29. The van der Waals surface area contributed by atoms with Gasteiger partial charge in [-0.15, -0.1) is 11.3 Å². The van der Waals surface area contributed by atoms with Crippen molar-refractivity contribution < 1.29 is 15.0 Å². The van der Waals surface area contributed by atoms with Crippen LogP contribution in [0.2, 0.25) is 0 Å². The minimum Gasteiger partial charge on any atom is -0.504 e. The summed E-state index contributed by atoms with van der Waals surface area (Å²) in [5.41, 5.74) is 2.41. The van der Waals surface area contributed by atoms with E-state index in [4.69, 9.17) is 0 Å². The number of nitrogens with one attached hydrogen (secondary N) is 2. The fourth-order valence-electron chi connectivity index (χ4n) is 2.20. The van der Waals surface area contributed by atoms with Gasteiger partial charge in [0, 0.05) is 17.5 Å². The molecular formula is C18H17N3O3S. The van der Waals surface area contributed by atoms with E-state index in [0.717, 1.165) is 10.6 Å². The summed E-state index contributed by atoms with van der Waals surface area (Å²) in [5, 5.41) is 27.0. The van der Waals surface area contributed by atoms with Crippen molar-refractivity contribution >= 4 is 17.4 Å². The molecule has 6 nitrogen and oxygen atoms in total. The first-order chi connectivity index (χ1) is 12.1. The lowest BCUT2D eigenvalue weighted by Crippen LogP contribution is -2.34. The molecule has 4 N–H and O–H groups in total. The number of carbonyl (C=O) groups is 1. The van der Waals surface area contributed by atoms with Gasteiger partial charge in [0.25, 0.3) is 0 Å². The van der Waals surface area contributed by atoms with Crippen molar-refractivity contribution in [2.24, 2.45) is 0 Å². The van der Waals surface area contributed by atoms with Crippen LogP contribution in [-0.4, -0.2) is 21.2 Å². The first-order valence-electron chi connectivity index (χ1n) is 7.64. The van der Waals surface area contributed by atoms with Crippen LogP contribution in [0.25, 0.3) is 11.3 Å². The quantitative estimate of drug-likeness (QED) is 0.529. The molecule has 0 unspecified atom stereocenters. The Balaban J connectivity index is 1.53. The zero-order valence-corrected chi connectivity index (χ0v) is 14.1. The van der Waals surface area contributed by atoms with Gasteiger partial charge in [-0.25, -0.2) is 9.78 Å². The van der Waals surface area contributed by atoms with Gasteiger partial charge in [-0.3, -0.25) is 0 Å². The molecule has 0 spiro atoms. The number of phenolic OH excluding ortho intramolecular Hbond substituents is 2. The molecule has 25 heavy (non-hydrogen) atoms. The van der Waals surface area contributed by atoms with Gasteiger partial charge >= 0.3 is 6.03 Å². The first-order valence-corrected chi connectivity index (χ1v) is 8.52. The lowest BCUT2D eigenvalue weighted by Gasteiger charge is -2.06. The van der Waals surface area contributed by atoms with E-state index in [-0.39, 0.29) is 17.5 Å². The van der Waals surface area contributed by atoms with E-state index in [1.54, 1.807) is 6.07 Å². The smallest absolute Gasteiger partial charge is 0.315 e. The Kier molecular flexibility index (Phi) is 5.15. The standard InChI is InChI=1S/C18H17N3O3S/c22-15-7-6-13(8-16(15)23)14-11-25-17(21-14)10-20-18(24)19-9-12-4-2-1-3-5-12/h1-8,11,22-23H,9-10H2,(H2,19,20,24). The molecule has 0 fully saturated rings. The van der Waals surface area contributed by atoms with Crippen LogP contribution in [0.1, 0.15) is 10.6 Å². The number of rotatable bonds is 5. The maximum absolute atomic E-state index is 11.8. The van der Waals surface area contributed by atoms with Crippen LogP contribution in [0, 0.1) is 0 Å². The highest BCUT2D eigenvalue weighted by Gasteiger charge is 2.08. The Bertz CT molecular complexity index is 865. The summed E-state index contributed by atoms with van der Waals surface area (Å²) < 4.78 is 0. The number of aromatic nitrogens is 1. The Labute approximate surface area is 148 Å². The van der Waals surface area contributed by atoms with Crippen molar-refractivity contribution in [3.63, 3.8) is 0 Å². The number of urea groups is 1. The largest absolute Gasteiger partial charge is 0.504 e. The highest BCUT2D eigenvalue weighted by atomic mass is 32.1. The fraction of sp³-hybridized carbons (Fsp3) is 0.111. The molecule has 2 amide bonds. The molecule has 1 heterocycles. The van der Waals surface area contributed by atoms with E-state index >= 15 is 0 Å². The van der Waals surface area contributed by atoms with Crippen LogP contribution >= 0.6 is 11.3 Å². The van der Waals surface area contributed by atoms with E-state index in [0.29, 0.717) is 24.3 Å². The Morgan fingerprint density at radius 1 is 1.00 bits per heavy atom. The van der Waals surface area contributed by atoms with Gasteiger partial charge in [0.1, 0.15) is 5.01 Å². The molecule has 0 radical (unpaired) electrons. The molecule has 0 saturated heterocycles. The second kappa shape index (κ2) is 7.67. The molecule has 7 heteroatoms. The molecule has 3 aromatic rings. The number of benzene rings is 2. The Hall–Kier alpha value is -3.06. The molecule has 0 aliphatic rings. The number of aromatic hydroxyl groups is 2. The van der Waals surface area contributed by atoms with Crippen LogP contribution < -0.4 is 10.6 Å².